The quantitative estimate of drug-likeness (QED) is 0.491. The van der Waals surface area contributed by atoms with Gasteiger partial charge in [0.15, 0.2) is 17.4 Å². The van der Waals surface area contributed by atoms with Crippen LogP contribution in [0.5, 0.6) is 6.01 Å². The van der Waals surface area contributed by atoms with Crippen LogP contribution in [-0.4, -0.2) is 50.8 Å². The van der Waals surface area contributed by atoms with Gasteiger partial charge in [-0.2, -0.15) is 9.97 Å². The third-order valence-corrected chi connectivity index (χ3v) is 5.09. The van der Waals surface area contributed by atoms with Crippen molar-refractivity contribution < 1.29 is 28.5 Å². The van der Waals surface area contributed by atoms with E-state index in [9.17, 15) is 14.4 Å². The third-order valence-electron chi connectivity index (χ3n) is 5.09. The highest BCUT2D eigenvalue weighted by molar-refractivity contribution is 5.73. The molecule has 3 atom stereocenters. The second kappa shape index (κ2) is 9.28. The molecule has 12 nitrogen and oxygen atoms in total. The lowest BCUT2D eigenvalue weighted by Crippen LogP contribution is -2.26. The molecule has 33 heavy (non-hydrogen) atoms. The number of benzene rings is 1. The molecule has 0 radical (unpaired) electrons. The van der Waals surface area contributed by atoms with Gasteiger partial charge < -0.3 is 24.7 Å². The first-order valence-corrected chi connectivity index (χ1v) is 10.2. The molecule has 12 heteroatoms. The Kier molecular flexibility index (Phi) is 6.27. The lowest BCUT2D eigenvalue weighted by atomic mass is 10.1. The van der Waals surface area contributed by atoms with E-state index in [4.69, 9.17) is 24.7 Å². The number of rotatable bonds is 7. The molecule has 0 aliphatic carbocycles. The number of nitrogens with one attached hydrogen (secondary N) is 1. The minimum atomic E-state index is -0.965. The smallest absolute Gasteiger partial charge is 0.308 e. The number of aromatic amines is 1. The normalized spacial score (nSPS) is 20.0. The number of aromatic nitrogens is 4. The fraction of sp³-hybridized carbons (Fsp3) is 0.381. The third kappa shape index (κ3) is 4.80. The Morgan fingerprint density at radius 3 is 2.73 bits per heavy atom. The van der Waals surface area contributed by atoms with E-state index >= 15 is 0 Å². The number of hydrogen-bond acceptors (Lipinski definition) is 10. The van der Waals surface area contributed by atoms with Crippen molar-refractivity contribution in [2.75, 3.05) is 12.8 Å². The summed E-state index contributed by atoms with van der Waals surface area (Å²) in [5.41, 5.74) is 6.14. The number of carbonyl (C=O) groups excluding carboxylic acids is 2. The van der Waals surface area contributed by atoms with Crippen LogP contribution < -0.4 is 16.0 Å². The SMILES string of the molecule is COC(=O)C[C@@H]1C[C@@H](OC(C)=O)[C@H](n2c(OCc3ccccc3)nc3c(=O)[nH]c(N)nc32)O1. The summed E-state index contributed by atoms with van der Waals surface area (Å²) in [6.45, 7) is 1.42. The van der Waals surface area contributed by atoms with Gasteiger partial charge in [-0.05, 0) is 5.56 Å². The van der Waals surface area contributed by atoms with E-state index in [-0.39, 0.29) is 42.6 Å². The average molecular weight is 457 g/mol. The summed E-state index contributed by atoms with van der Waals surface area (Å²) < 4.78 is 23.6. The highest BCUT2D eigenvalue weighted by atomic mass is 16.6. The maximum absolute atomic E-state index is 12.5. The van der Waals surface area contributed by atoms with Crippen LogP contribution in [0.2, 0.25) is 0 Å². The van der Waals surface area contributed by atoms with Crippen LogP contribution in [0.3, 0.4) is 0 Å². The summed E-state index contributed by atoms with van der Waals surface area (Å²) in [7, 11) is 1.27. The summed E-state index contributed by atoms with van der Waals surface area (Å²) in [5.74, 6) is -1.14. The number of H-pyrrole nitrogens is 1. The molecule has 1 aromatic carbocycles. The number of fused-ring (bicyclic) bond motifs is 1. The van der Waals surface area contributed by atoms with Crippen molar-refractivity contribution in [2.24, 2.45) is 0 Å². The Bertz CT molecular complexity index is 1220. The number of hydrogen-bond donors (Lipinski definition) is 2. The van der Waals surface area contributed by atoms with Crippen molar-refractivity contribution in [3.63, 3.8) is 0 Å². The predicted octanol–water partition coefficient (Wildman–Crippen LogP) is 1.06. The summed E-state index contributed by atoms with van der Waals surface area (Å²) in [4.78, 5) is 46.9. The summed E-state index contributed by atoms with van der Waals surface area (Å²) >= 11 is 0. The van der Waals surface area contributed by atoms with Crippen LogP contribution >= 0.6 is 0 Å². The number of carbonyl (C=O) groups is 2. The van der Waals surface area contributed by atoms with Gasteiger partial charge in [0.25, 0.3) is 5.56 Å². The second-order valence-electron chi connectivity index (χ2n) is 7.47. The fourth-order valence-electron chi connectivity index (χ4n) is 3.70. The van der Waals surface area contributed by atoms with Crippen molar-refractivity contribution in [3.8, 4) is 6.01 Å². The first kappa shape index (κ1) is 22.3. The molecule has 3 N–H and O–H groups in total. The van der Waals surface area contributed by atoms with Gasteiger partial charge in [-0.3, -0.25) is 19.4 Å². The van der Waals surface area contributed by atoms with E-state index in [1.807, 2.05) is 30.3 Å². The van der Waals surface area contributed by atoms with Crippen LogP contribution in [0.25, 0.3) is 11.2 Å². The number of esters is 2. The highest BCUT2D eigenvalue weighted by Crippen LogP contribution is 2.37. The monoisotopic (exact) mass is 457 g/mol. The number of nitrogens with two attached hydrogens (primary N) is 1. The van der Waals surface area contributed by atoms with Gasteiger partial charge in [-0.15, -0.1) is 0 Å². The van der Waals surface area contributed by atoms with Crippen LogP contribution in [-0.2, 0) is 30.4 Å². The molecule has 0 spiro atoms. The van der Waals surface area contributed by atoms with Gasteiger partial charge >= 0.3 is 17.9 Å². The molecule has 0 saturated carbocycles. The first-order valence-electron chi connectivity index (χ1n) is 10.2. The molecule has 1 fully saturated rings. The number of methoxy groups -OCH3 is 1. The average Bonchev–Trinajstić information content (AvgIpc) is 3.32. The van der Waals surface area contributed by atoms with Crippen LogP contribution in [0.15, 0.2) is 35.1 Å². The molecule has 1 aliphatic heterocycles. The Morgan fingerprint density at radius 1 is 1.27 bits per heavy atom. The summed E-state index contributed by atoms with van der Waals surface area (Å²) in [6.07, 6.45) is -2.20. The van der Waals surface area contributed by atoms with Gasteiger partial charge in [0.05, 0.1) is 19.6 Å². The lowest BCUT2D eigenvalue weighted by Gasteiger charge is -2.21. The van der Waals surface area contributed by atoms with Gasteiger partial charge in [-0.25, -0.2) is 4.57 Å². The summed E-state index contributed by atoms with van der Waals surface area (Å²) in [6, 6.07) is 9.37. The maximum Gasteiger partial charge on any atom is 0.308 e. The molecule has 4 rings (SSSR count). The van der Waals surface area contributed by atoms with Crippen LogP contribution in [0.1, 0.15) is 31.6 Å². The Labute approximate surface area is 187 Å². The van der Waals surface area contributed by atoms with Crippen LogP contribution in [0.4, 0.5) is 5.95 Å². The second-order valence-corrected chi connectivity index (χ2v) is 7.47. The molecule has 2 aromatic heterocycles. The Morgan fingerprint density at radius 2 is 2.03 bits per heavy atom. The molecular formula is C21H23N5O7. The molecular weight excluding hydrogens is 434 g/mol. The molecule has 3 heterocycles. The zero-order chi connectivity index (χ0) is 23.5. The number of imidazole rings is 1. The fourth-order valence-corrected chi connectivity index (χ4v) is 3.70. The zero-order valence-corrected chi connectivity index (χ0v) is 18.0. The van der Waals surface area contributed by atoms with E-state index in [1.165, 1.54) is 18.6 Å². The van der Waals surface area contributed by atoms with Gasteiger partial charge in [0.1, 0.15) is 12.7 Å². The van der Waals surface area contributed by atoms with Crippen molar-refractivity contribution >= 4 is 29.1 Å². The molecule has 1 aliphatic rings. The predicted molar refractivity (Wildman–Crippen MR) is 114 cm³/mol. The molecule has 174 valence electrons. The van der Waals surface area contributed by atoms with Crippen molar-refractivity contribution in [2.45, 2.75) is 44.8 Å². The van der Waals surface area contributed by atoms with Gasteiger partial charge in [0, 0.05) is 13.3 Å². The minimum Gasteiger partial charge on any atom is -0.469 e. The van der Waals surface area contributed by atoms with Crippen molar-refractivity contribution in [1.82, 2.24) is 19.5 Å². The lowest BCUT2D eigenvalue weighted by molar-refractivity contribution is -0.153. The van der Waals surface area contributed by atoms with Crippen molar-refractivity contribution in [3.05, 3.63) is 46.2 Å². The summed E-state index contributed by atoms with van der Waals surface area (Å²) in [5, 5.41) is 0. The molecule has 0 amide bonds. The van der Waals surface area contributed by atoms with E-state index < -0.39 is 35.9 Å². The number of nitrogens with zero attached hydrogens (tertiary/aromatic N) is 3. The van der Waals surface area contributed by atoms with E-state index in [2.05, 4.69) is 15.0 Å². The molecule has 3 aromatic rings. The van der Waals surface area contributed by atoms with Gasteiger partial charge in [0.2, 0.25) is 5.95 Å². The zero-order valence-electron chi connectivity index (χ0n) is 18.0. The highest BCUT2D eigenvalue weighted by Gasteiger charge is 2.42. The number of anilines is 1. The van der Waals surface area contributed by atoms with E-state index in [0.717, 1.165) is 5.56 Å². The maximum atomic E-state index is 12.5. The first-order chi connectivity index (χ1) is 15.9. The molecule has 1 saturated heterocycles. The standard InChI is InChI=1S/C21H23N5O7/c1-11(27)32-14-8-13(9-15(28)30-2)33-19(14)26-17-16(18(29)25-20(22)24-17)23-21(26)31-10-12-6-4-3-5-7-12/h3-7,13-14,19H,8-10H2,1-2H3,(H3,22,24,25,29)/t13-,14+,19+/m0/s1. The minimum absolute atomic E-state index is 0.0196. The Balaban J connectivity index is 1.76. The number of ether oxygens (including phenoxy) is 4. The van der Waals surface area contributed by atoms with Crippen molar-refractivity contribution in [1.29, 1.82) is 0 Å². The van der Waals surface area contributed by atoms with E-state index in [0.29, 0.717) is 0 Å². The molecule has 0 bridgehead atoms. The van der Waals surface area contributed by atoms with Crippen LogP contribution in [0, 0.1) is 0 Å². The Hall–Kier alpha value is -3.93. The molecule has 0 unspecified atom stereocenters. The largest absolute Gasteiger partial charge is 0.469 e. The van der Waals surface area contributed by atoms with Gasteiger partial charge in [-0.1, -0.05) is 30.3 Å². The topological polar surface area (TPSA) is 161 Å². The number of nitrogen functional groups attached to an aromatic ring is 1. The van der Waals surface area contributed by atoms with E-state index in [1.54, 1.807) is 0 Å².